The molecule has 1 aromatic carbocycles. The number of imide groups is 2. The number of likely N-dealkylation sites (tertiary alicyclic amines) is 1. The summed E-state index contributed by atoms with van der Waals surface area (Å²) in [4.78, 5) is 69.0. The van der Waals surface area contributed by atoms with Crippen LogP contribution in [0.25, 0.3) is 0 Å². The third-order valence-electron chi connectivity index (χ3n) is 6.64. The van der Waals surface area contributed by atoms with E-state index in [9.17, 15) is 24.0 Å². The van der Waals surface area contributed by atoms with Crippen molar-refractivity contribution in [2.45, 2.75) is 58.0 Å². The minimum Gasteiger partial charge on any atom is -0.339 e. The van der Waals surface area contributed by atoms with Crippen LogP contribution in [-0.2, 0) is 9.59 Å². The number of hydrogen-bond acceptors (Lipinski definition) is 6. The van der Waals surface area contributed by atoms with E-state index in [1.807, 2.05) is 4.90 Å². The SMILES string of the molecule is CC1(C)NC(=O)N(CN(CN2C(=O)NC(C)(C)C2=O)c2ccc(C(=O)N3CCCCC3)cc2)C1=O. The fourth-order valence-electron chi connectivity index (χ4n) is 4.54. The van der Waals surface area contributed by atoms with Crippen LogP contribution in [0.2, 0.25) is 0 Å². The smallest absolute Gasteiger partial charge is 0.326 e. The number of nitrogens with zero attached hydrogens (tertiary/aromatic N) is 4. The van der Waals surface area contributed by atoms with Crippen molar-refractivity contribution in [3.8, 4) is 0 Å². The second-order valence-electron chi connectivity index (χ2n) is 10.3. The molecule has 2 N–H and O–H groups in total. The molecule has 0 unspecified atom stereocenters. The van der Waals surface area contributed by atoms with Crippen molar-refractivity contribution in [3.63, 3.8) is 0 Å². The zero-order valence-electron chi connectivity index (χ0n) is 20.6. The molecule has 0 bridgehead atoms. The maximum Gasteiger partial charge on any atom is 0.326 e. The van der Waals surface area contributed by atoms with Crippen molar-refractivity contribution in [2.75, 3.05) is 31.3 Å². The largest absolute Gasteiger partial charge is 0.339 e. The number of nitrogens with one attached hydrogen (secondary N) is 2. The Morgan fingerprint density at radius 1 is 0.800 bits per heavy atom. The van der Waals surface area contributed by atoms with E-state index in [2.05, 4.69) is 10.6 Å². The second kappa shape index (κ2) is 8.86. The van der Waals surface area contributed by atoms with Gasteiger partial charge in [0.15, 0.2) is 0 Å². The molecule has 11 nitrogen and oxygen atoms in total. The first-order chi connectivity index (χ1) is 16.4. The van der Waals surface area contributed by atoms with Crippen LogP contribution < -0.4 is 15.5 Å². The molecule has 0 atom stereocenters. The Bertz CT molecular complexity index is 1010. The summed E-state index contributed by atoms with van der Waals surface area (Å²) in [5.41, 5.74) is -1.04. The van der Waals surface area contributed by atoms with Gasteiger partial charge in [-0.05, 0) is 71.2 Å². The van der Waals surface area contributed by atoms with Crippen molar-refractivity contribution in [3.05, 3.63) is 29.8 Å². The molecule has 3 heterocycles. The van der Waals surface area contributed by atoms with E-state index in [0.29, 0.717) is 11.3 Å². The summed E-state index contributed by atoms with van der Waals surface area (Å²) in [5.74, 6) is -0.877. The van der Waals surface area contributed by atoms with E-state index < -0.39 is 35.0 Å². The summed E-state index contributed by atoms with van der Waals surface area (Å²) in [5, 5.41) is 5.27. The minimum absolute atomic E-state index is 0.0468. The third-order valence-corrected chi connectivity index (χ3v) is 6.64. The summed E-state index contributed by atoms with van der Waals surface area (Å²) in [6.07, 6.45) is 3.10. The van der Waals surface area contributed by atoms with Gasteiger partial charge in [-0.15, -0.1) is 0 Å². The normalized spacial score (nSPS) is 21.3. The standard InChI is InChI=1S/C24H32N6O5/c1-23(2)19(32)29(21(34)25-23)14-28(15-30-20(33)24(3,4)26-22(30)35)17-10-8-16(9-11-17)18(31)27-12-6-5-7-13-27/h8-11H,5-7,12-15H2,1-4H3,(H,25,34)(H,26,35). The lowest BCUT2D eigenvalue weighted by molar-refractivity contribution is -0.130. The molecule has 3 aliphatic rings. The lowest BCUT2D eigenvalue weighted by atomic mass is 10.1. The number of piperidine rings is 1. The summed E-state index contributed by atoms with van der Waals surface area (Å²) in [6.45, 7) is 7.55. The van der Waals surface area contributed by atoms with Crippen LogP contribution in [-0.4, -0.2) is 82.0 Å². The molecule has 0 spiro atoms. The van der Waals surface area contributed by atoms with Gasteiger partial charge in [0, 0.05) is 24.3 Å². The second-order valence-corrected chi connectivity index (χ2v) is 10.3. The van der Waals surface area contributed by atoms with Gasteiger partial charge in [0.1, 0.15) is 24.4 Å². The van der Waals surface area contributed by atoms with E-state index >= 15 is 0 Å². The Morgan fingerprint density at radius 2 is 1.26 bits per heavy atom. The summed E-state index contributed by atoms with van der Waals surface area (Å²) < 4.78 is 0. The summed E-state index contributed by atoms with van der Waals surface area (Å²) in [6, 6.07) is 5.66. The number of carbonyl (C=O) groups is 5. The monoisotopic (exact) mass is 484 g/mol. The van der Waals surface area contributed by atoms with E-state index in [0.717, 1.165) is 42.2 Å². The first-order valence-corrected chi connectivity index (χ1v) is 11.8. The van der Waals surface area contributed by atoms with Gasteiger partial charge < -0.3 is 20.4 Å². The van der Waals surface area contributed by atoms with Crippen LogP contribution in [0.15, 0.2) is 24.3 Å². The zero-order chi connectivity index (χ0) is 25.5. The predicted octanol–water partition coefficient (Wildman–Crippen LogP) is 1.69. The van der Waals surface area contributed by atoms with Crippen LogP contribution in [0, 0.1) is 0 Å². The molecule has 11 heteroatoms. The predicted molar refractivity (Wildman–Crippen MR) is 127 cm³/mol. The Kier molecular flexibility index (Phi) is 6.20. The maximum atomic E-state index is 12.9. The molecule has 188 valence electrons. The summed E-state index contributed by atoms with van der Waals surface area (Å²) in [7, 11) is 0. The topological polar surface area (TPSA) is 122 Å². The highest BCUT2D eigenvalue weighted by molar-refractivity contribution is 6.07. The zero-order valence-corrected chi connectivity index (χ0v) is 20.6. The Labute approximate surface area is 204 Å². The van der Waals surface area contributed by atoms with E-state index in [1.165, 1.54) is 0 Å². The highest BCUT2D eigenvalue weighted by Crippen LogP contribution is 2.24. The number of benzene rings is 1. The first-order valence-electron chi connectivity index (χ1n) is 11.8. The van der Waals surface area contributed by atoms with Crippen LogP contribution in [0.4, 0.5) is 15.3 Å². The highest BCUT2D eigenvalue weighted by Gasteiger charge is 2.47. The number of rotatable bonds is 6. The minimum atomic E-state index is -1.06. The van der Waals surface area contributed by atoms with Gasteiger partial charge in [-0.2, -0.15) is 0 Å². The van der Waals surface area contributed by atoms with Gasteiger partial charge in [-0.3, -0.25) is 14.4 Å². The van der Waals surface area contributed by atoms with Gasteiger partial charge in [0.25, 0.3) is 17.7 Å². The molecule has 1 aromatic rings. The molecule has 0 radical (unpaired) electrons. The van der Waals surface area contributed by atoms with Gasteiger partial charge in [-0.25, -0.2) is 19.4 Å². The summed E-state index contributed by atoms with van der Waals surface area (Å²) >= 11 is 0. The molecule has 4 rings (SSSR count). The van der Waals surface area contributed by atoms with Crippen molar-refractivity contribution in [1.82, 2.24) is 25.3 Å². The van der Waals surface area contributed by atoms with Gasteiger partial charge in [-0.1, -0.05) is 0 Å². The Balaban J connectivity index is 1.59. The molecule has 0 saturated carbocycles. The maximum absolute atomic E-state index is 12.9. The Hall–Kier alpha value is -3.63. The third kappa shape index (κ3) is 4.67. The molecular formula is C24H32N6O5. The molecular weight excluding hydrogens is 452 g/mol. The Morgan fingerprint density at radius 3 is 1.66 bits per heavy atom. The van der Waals surface area contributed by atoms with Crippen molar-refractivity contribution >= 4 is 35.5 Å². The fraction of sp³-hybridized carbons (Fsp3) is 0.542. The van der Waals surface area contributed by atoms with Gasteiger partial charge >= 0.3 is 12.1 Å². The van der Waals surface area contributed by atoms with Gasteiger partial charge in [0.05, 0.1) is 0 Å². The van der Waals surface area contributed by atoms with Crippen LogP contribution >= 0.6 is 0 Å². The fourth-order valence-corrected chi connectivity index (χ4v) is 4.54. The molecule has 0 aromatic heterocycles. The molecule has 35 heavy (non-hydrogen) atoms. The highest BCUT2D eigenvalue weighted by atomic mass is 16.2. The van der Waals surface area contributed by atoms with Crippen molar-refractivity contribution < 1.29 is 24.0 Å². The van der Waals surface area contributed by atoms with E-state index in [1.54, 1.807) is 56.9 Å². The average molecular weight is 485 g/mol. The molecule has 7 amide bonds. The van der Waals surface area contributed by atoms with Crippen molar-refractivity contribution in [1.29, 1.82) is 0 Å². The molecule has 3 aliphatic heterocycles. The number of carbonyl (C=O) groups excluding carboxylic acids is 5. The molecule has 3 fully saturated rings. The van der Waals surface area contributed by atoms with E-state index in [-0.39, 0.29) is 19.2 Å². The lowest BCUT2D eigenvalue weighted by Gasteiger charge is -2.31. The van der Waals surface area contributed by atoms with Crippen LogP contribution in [0.3, 0.4) is 0 Å². The van der Waals surface area contributed by atoms with Crippen molar-refractivity contribution in [2.24, 2.45) is 0 Å². The lowest BCUT2D eigenvalue weighted by Crippen LogP contribution is -2.49. The molecule has 0 aliphatic carbocycles. The number of hydrogen-bond donors (Lipinski definition) is 2. The van der Waals surface area contributed by atoms with Crippen LogP contribution in [0.5, 0.6) is 0 Å². The molecule has 3 saturated heterocycles. The number of urea groups is 2. The quantitative estimate of drug-likeness (QED) is 0.593. The number of amides is 7. The van der Waals surface area contributed by atoms with Gasteiger partial charge in [0.2, 0.25) is 0 Å². The van der Waals surface area contributed by atoms with E-state index in [4.69, 9.17) is 0 Å². The van der Waals surface area contributed by atoms with Crippen LogP contribution in [0.1, 0.15) is 57.3 Å². The average Bonchev–Trinajstić information content (AvgIpc) is 3.14. The number of anilines is 1. The first kappa shape index (κ1) is 24.5.